The minimum Gasteiger partial charge on any atom is -0.493 e. The van der Waals surface area contributed by atoms with E-state index < -0.39 is 0 Å². The Morgan fingerprint density at radius 3 is 2.60 bits per heavy atom. The van der Waals surface area contributed by atoms with Crippen molar-refractivity contribution in [2.45, 2.75) is 26.7 Å². The minimum absolute atomic E-state index is 0. The first-order valence-electron chi connectivity index (χ1n) is 5.27. The Hall–Kier alpha value is -0.292. The van der Waals surface area contributed by atoms with Gasteiger partial charge in [-0.3, -0.25) is 0 Å². The van der Waals surface area contributed by atoms with Gasteiger partial charge in [-0.05, 0) is 24.5 Å². The Morgan fingerprint density at radius 1 is 1.33 bits per heavy atom. The van der Waals surface area contributed by atoms with Gasteiger partial charge in [0.15, 0.2) is 0 Å². The first kappa shape index (κ1) is 14.7. The number of hydrogen-bond donors (Lipinski definition) is 0. The molecule has 1 atom stereocenters. The predicted octanol–water partition coefficient (Wildman–Crippen LogP) is 3.49. The standard InChI is InChI=1S/C13H19O.W/c1-4-9-14-13-8-6-5-7-12(13)10-11(2)3;/h5-8,11H,2,4,9-10H2,1,3H3;/q-1;/t11-;/m0./s1. The topological polar surface area (TPSA) is 9.23 Å². The van der Waals surface area contributed by atoms with E-state index in [0.29, 0.717) is 5.92 Å². The predicted molar refractivity (Wildman–Crippen MR) is 60.5 cm³/mol. The van der Waals surface area contributed by atoms with E-state index in [2.05, 4.69) is 32.9 Å². The molecule has 0 bridgehead atoms. The third-order valence-corrected chi connectivity index (χ3v) is 2.00. The molecule has 0 unspecified atom stereocenters. The quantitative estimate of drug-likeness (QED) is 0.717. The summed E-state index contributed by atoms with van der Waals surface area (Å²) in [6.45, 7) is 9.03. The summed E-state index contributed by atoms with van der Waals surface area (Å²) in [7, 11) is 0. The van der Waals surface area contributed by atoms with E-state index in [4.69, 9.17) is 4.74 Å². The van der Waals surface area contributed by atoms with Crippen LogP contribution >= 0.6 is 0 Å². The molecule has 1 nitrogen and oxygen atoms in total. The molecule has 1 rings (SSSR count). The van der Waals surface area contributed by atoms with Gasteiger partial charge >= 0.3 is 0 Å². The maximum absolute atomic E-state index is 5.66. The number of benzene rings is 1. The van der Waals surface area contributed by atoms with E-state index in [0.717, 1.165) is 25.2 Å². The fourth-order valence-corrected chi connectivity index (χ4v) is 1.40. The zero-order valence-electron chi connectivity index (χ0n) is 9.53. The molecule has 84 valence electrons. The molecule has 0 amide bonds. The molecule has 0 aliphatic carbocycles. The van der Waals surface area contributed by atoms with Crippen LogP contribution in [-0.2, 0) is 27.5 Å². The number of rotatable bonds is 5. The van der Waals surface area contributed by atoms with Crippen molar-refractivity contribution in [2.24, 2.45) is 5.92 Å². The molecular weight excluding hydrogens is 356 g/mol. The molecule has 0 saturated heterocycles. The van der Waals surface area contributed by atoms with Crippen LogP contribution in [0.25, 0.3) is 0 Å². The molecule has 0 aliphatic rings. The van der Waals surface area contributed by atoms with Gasteiger partial charge in [0.2, 0.25) is 0 Å². The molecular formula is C13H19OW-. The SMILES string of the molecule is [CH2-][C@@H](C)Cc1ccccc1OCCC.[W]. The molecule has 2 heteroatoms. The minimum atomic E-state index is 0. The van der Waals surface area contributed by atoms with Gasteiger partial charge in [0.05, 0.1) is 6.61 Å². The summed E-state index contributed by atoms with van der Waals surface area (Å²) in [6, 6.07) is 8.22. The maximum atomic E-state index is 5.66. The Bertz CT molecular complexity index is 271. The smallest absolute Gasteiger partial charge is 0.122 e. The molecule has 15 heavy (non-hydrogen) atoms. The Morgan fingerprint density at radius 2 is 2.00 bits per heavy atom. The Balaban J connectivity index is 0.00000196. The van der Waals surface area contributed by atoms with E-state index in [1.165, 1.54) is 5.56 Å². The molecule has 0 radical (unpaired) electrons. The molecule has 0 spiro atoms. The van der Waals surface area contributed by atoms with Crippen molar-refractivity contribution in [3.63, 3.8) is 0 Å². The molecule has 1 aromatic rings. The fourth-order valence-electron chi connectivity index (χ4n) is 1.40. The van der Waals surface area contributed by atoms with Crippen molar-refractivity contribution in [3.8, 4) is 5.75 Å². The summed E-state index contributed by atoms with van der Waals surface area (Å²) in [6.07, 6.45) is 2.04. The van der Waals surface area contributed by atoms with Gasteiger partial charge in [-0.1, -0.05) is 32.0 Å². The van der Waals surface area contributed by atoms with Crippen LogP contribution in [0.1, 0.15) is 25.8 Å². The van der Waals surface area contributed by atoms with Crippen molar-refractivity contribution in [3.05, 3.63) is 36.8 Å². The molecule has 0 aromatic heterocycles. The molecule has 1 aromatic carbocycles. The van der Waals surface area contributed by atoms with Crippen LogP contribution in [0.2, 0.25) is 0 Å². The van der Waals surface area contributed by atoms with Crippen LogP contribution in [0.3, 0.4) is 0 Å². The van der Waals surface area contributed by atoms with Crippen LogP contribution in [0, 0.1) is 12.8 Å². The monoisotopic (exact) mass is 375 g/mol. The van der Waals surface area contributed by atoms with Crippen LogP contribution in [0.4, 0.5) is 0 Å². The average Bonchev–Trinajstić information content (AvgIpc) is 2.16. The summed E-state index contributed by atoms with van der Waals surface area (Å²) in [4.78, 5) is 0. The zero-order chi connectivity index (χ0) is 10.4. The number of para-hydroxylation sites is 1. The van der Waals surface area contributed by atoms with Crippen LogP contribution in [0.5, 0.6) is 5.75 Å². The second-order valence-electron chi connectivity index (χ2n) is 3.77. The van der Waals surface area contributed by atoms with E-state index in [1.54, 1.807) is 0 Å². The van der Waals surface area contributed by atoms with Crippen LogP contribution < -0.4 is 4.74 Å². The normalized spacial score (nSPS) is 11.7. The molecule has 0 aliphatic heterocycles. The first-order chi connectivity index (χ1) is 6.74. The third-order valence-electron chi connectivity index (χ3n) is 2.00. The molecule has 0 heterocycles. The van der Waals surface area contributed by atoms with Gasteiger partial charge in [0.1, 0.15) is 5.75 Å². The third kappa shape index (κ3) is 5.37. The van der Waals surface area contributed by atoms with Gasteiger partial charge in [-0.15, -0.1) is 0 Å². The van der Waals surface area contributed by atoms with Gasteiger partial charge in [0, 0.05) is 21.1 Å². The van der Waals surface area contributed by atoms with Crippen molar-refractivity contribution in [1.82, 2.24) is 0 Å². The Kier molecular flexibility index (Phi) is 7.78. The second kappa shape index (κ2) is 7.93. The number of hydrogen-bond acceptors (Lipinski definition) is 1. The van der Waals surface area contributed by atoms with Gasteiger partial charge in [-0.2, -0.15) is 5.92 Å². The van der Waals surface area contributed by atoms with E-state index in [9.17, 15) is 0 Å². The summed E-state index contributed by atoms with van der Waals surface area (Å²) in [5.74, 6) is 1.45. The van der Waals surface area contributed by atoms with E-state index in [-0.39, 0.29) is 21.1 Å². The fraction of sp³-hybridized carbons (Fsp3) is 0.462. The van der Waals surface area contributed by atoms with E-state index in [1.807, 2.05) is 12.1 Å². The summed E-state index contributed by atoms with van der Waals surface area (Å²) >= 11 is 0. The van der Waals surface area contributed by atoms with Crippen molar-refractivity contribution in [2.75, 3.05) is 6.61 Å². The van der Waals surface area contributed by atoms with Gasteiger partial charge < -0.3 is 11.7 Å². The number of ether oxygens (including phenoxy) is 1. The summed E-state index contributed by atoms with van der Waals surface area (Å²) in [5, 5.41) is 0. The second-order valence-corrected chi connectivity index (χ2v) is 3.77. The zero-order valence-corrected chi connectivity index (χ0v) is 12.5. The van der Waals surface area contributed by atoms with E-state index >= 15 is 0 Å². The summed E-state index contributed by atoms with van der Waals surface area (Å²) in [5.41, 5.74) is 1.27. The average molecular weight is 375 g/mol. The van der Waals surface area contributed by atoms with Crippen LogP contribution in [0.15, 0.2) is 24.3 Å². The summed E-state index contributed by atoms with van der Waals surface area (Å²) < 4.78 is 5.66. The molecule has 0 fully saturated rings. The Labute approximate surface area is 107 Å². The first-order valence-corrected chi connectivity index (χ1v) is 5.27. The maximum Gasteiger partial charge on any atom is 0.122 e. The van der Waals surface area contributed by atoms with Crippen molar-refractivity contribution in [1.29, 1.82) is 0 Å². The molecule has 0 saturated carbocycles. The molecule has 0 N–H and O–H groups in total. The van der Waals surface area contributed by atoms with Gasteiger partial charge in [-0.25, -0.2) is 0 Å². The van der Waals surface area contributed by atoms with Crippen molar-refractivity contribution >= 4 is 0 Å². The van der Waals surface area contributed by atoms with Gasteiger partial charge in [0.25, 0.3) is 0 Å². The van der Waals surface area contributed by atoms with Crippen molar-refractivity contribution < 1.29 is 25.8 Å². The largest absolute Gasteiger partial charge is 0.493 e. The van der Waals surface area contributed by atoms with Crippen LogP contribution in [-0.4, -0.2) is 6.61 Å².